The molecule has 0 aliphatic heterocycles. The molecule has 0 aliphatic rings. The standard InChI is InChI=1S/C11H15F2N5/c1-9(8-17-5-2-3-16-17)15-7-10-14-4-6-18(10)11(12)13/h2-6,9,11,15H,7-8H2,1H3. The van der Waals surface area contributed by atoms with Crippen molar-refractivity contribution in [1.29, 1.82) is 0 Å². The van der Waals surface area contributed by atoms with Crippen molar-refractivity contribution in [2.75, 3.05) is 0 Å². The number of rotatable bonds is 6. The van der Waals surface area contributed by atoms with Crippen LogP contribution in [0.3, 0.4) is 0 Å². The molecule has 1 unspecified atom stereocenters. The van der Waals surface area contributed by atoms with Crippen LogP contribution in [0.5, 0.6) is 0 Å². The van der Waals surface area contributed by atoms with E-state index in [0.29, 0.717) is 18.9 Å². The van der Waals surface area contributed by atoms with Crippen LogP contribution in [0.15, 0.2) is 30.9 Å². The number of nitrogens with one attached hydrogen (secondary N) is 1. The van der Waals surface area contributed by atoms with Gasteiger partial charge in [0.25, 0.3) is 0 Å². The van der Waals surface area contributed by atoms with E-state index in [0.717, 1.165) is 4.57 Å². The predicted octanol–water partition coefficient (Wildman–Crippen LogP) is 1.65. The van der Waals surface area contributed by atoms with Crippen LogP contribution < -0.4 is 5.32 Å². The van der Waals surface area contributed by atoms with Crippen LogP contribution in [0.2, 0.25) is 0 Å². The summed E-state index contributed by atoms with van der Waals surface area (Å²) in [6.45, 7) is 0.408. The van der Waals surface area contributed by atoms with Gasteiger partial charge in [-0.15, -0.1) is 0 Å². The Bertz CT molecular complexity index is 465. The molecule has 0 fully saturated rings. The number of halogens is 2. The van der Waals surface area contributed by atoms with Crippen molar-refractivity contribution in [1.82, 2.24) is 24.6 Å². The highest BCUT2D eigenvalue weighted by atomic mass is 19.3. The van der Waals surface area contributed by atoms with E-state index in [1.54, 1.807) is 10.9 Å². The van der Waals surface area contributed by atoms with Crippen LogP contribution in [-0.2, 0) is 13.1 Å². The van der Waals surface area contributed by atoms with E-state index < -0.39 is 6.55 Å². The number of alkyl halides is 2. The summed E-state index contributed by atoms with van der Waals surface area (Å²) in [6, 6.07) is 1.96. The summed E-state index contributed by atoms with van der Waals surface area (Å²) in [5.74, 6) is 0.331. The maximum absolute atomic E-state index is 12.6. The van der Waals surface area contributed by atoms with E-state index in [9.17, 15) is 8.78 Å². The molecule has 0 radical (unpaired) electrons. The zero-order valence-corrected chi connectivity index (χ0v) is 10.0. The number of hydrogen-bond acceptors (Lipinski definition) is 3. The van der Waals surface area contributed by atoms with E-state index in [-0.39, 0.29) is 6.04 Å². The summed E-state index contributed by atoms with van der Waals surface area (Å²) in [6.07, 6.45) is 6.22. The highest BCUT2D eigenvalue weighted by Crippen LogP contribution is 2.12. The van der Waals surface area contributed by atoms with Crippen LogP contribution in [0.4, 0.5) is 8.78 Å². The van der Waals surface area contributed by atoms with Crippen LogP contribution in [0.25, 0.3) is 0 Å². The van der Waals surface area contributed by atoms with Crippen molar-refractivity contribution in [3.63, 3.8) is 0 Å². The molecule has 7 heteroatoms. The lowest BCUT2D eigenvalue weighted by molar-refractivity contribution is 0.0664. The van der Waals surface area contributed by atoms with Gasteiger partial charge in [0.2, 0.25) is 0 Å². The third-order valence-electron chi connectivity index (χ3n) is 2.59. The van der Waals surface area contributed by atoms with Crippen LogP contribution in [-0.4, -0.2) is 25.4 Å². The van der Waals surface area contributed by atoms with Crippen LogP contribution in [0.1, 0.15) is 19.3 Å². The van der Waals surface area contributed by atoms with Gasteiger partial charge in [-0.1, -0.05) is 0 Å². The first kappa shape index (κ1) is 12.7. The molecule has 1 N–H and O–H groups in total. The summed E-state index contributed by atoms with van der Waals surface area (Å²) >= 11 is 0. The molecule has 2 rings (SSSR count). The lowest BCUT2D eigenvalue weighted by Crippen LogP contribution is -2.31. The first-order chi connectivity index (χ1) is 8.66. The molecule has 2 aromatic heterocycles. The Morgan fingerprint density at radius 2 is 2.17 bits per heavy atom. The minimum absolute atomic E-state index is 0.118. The van der Waals surface area contributed by atoms with Gasteiger partial charge >= 0.3 is 6.55 Å². The van der Waals surface area contributed by atoms with Crippen molar-refractivity contribution in [2.24, 2.45) is 0 Å². The second-order valence-corrected chi connectivity index (χ2v) is 4.04. The molecule has 0 aromatic carbocycles. The van der Waals surface area contributed by atoms with Crippen molar-refractivity contribution in [2.45, 2.75) is 32.6 Å². The van der Waals surface area contributed by atoms with Gasteiger partial charge in [-0.05, 0) is 13.0 Å². The Hall–Kier alpha value is -1.76. The lowest BCUT2D eigenvalue weighted by atomic mass is 10.3. The quantitative estimate of drug-likeness (QED) is 0.853. The minimum Gasteiger partial charge on any atom is -0.306 e. The van der Waals surface area contributed by atoms with Crippen LogP contribution in [0, 0.1) is 0 Å². The zero-order chi connectivity index (χ0) is 13.0. The van der Waals surface area contributed by atoms with E-state index in [1.807, 2.05) is 19.2 Å². The zero-order valence-electron chi connectivity index (χ0n) is 10.0. The van der Waals surface area contributed by atoms with Gasteiger partial charge in [0, 0.05) is 30.8 Å². The van der Waals surface area contributed by atoms with E-state index in [2.05, 4.69) is 15.4 Å². The fourth-order valence-corrected chi connectivity index (χ4v) is 1.68. The molecule has 5 nitrogen and oxygen atoms in total. The highest BCUT2D eigenvalue weighted by Gasteiger charge is 2.12. The van der Waals surface area contributed by atoms with Gasteiger partial charge in [-0.2, -0.15) is 13.9 Å². The second-order valence-electron chi connectivity index (χ2n) is 4.04. The molecule has 2 aromatic rings. The van der Waals surface area contributed by atoms with E-state index >= 15 is 0 Å². The third kappa shape index (κ3) is 3.13. The molecule has 18 heavy (non-hydrogen) atoms. The van der Waals surface area contributed by atoms with Crippen molar-refractivity contribution >= 4 is 0 Å². The predicted molar refractivity (Wildman–Crippen MR) is 62.0 cm³/mol. The van der Waals surface area contributed by atoms with Crippen molar-refractivity contribution in [3.05, 3.63) is 36.7 Å². The summed E-state index contributed by atoms with van der Waals surface area (Å²) in [5.41, 5.74) is 0. The van der Waals surface area contributed by atoms with Gasteiger partial charge in [-0.25, -0.2) is 4.98 Å². The second kappa shape index (κ2) is 5.72. The fourth-order valence-electron chi connectivity index (χ4n) is 1.68. The minimum atomic E-state index is -2.55. The molecule has 98 valence electrons. The molecule has 2 heterocycles. The molecule has 1 atom stereocenters. The SMILES string of the molecule is CC(Cn1cccn1)NCc1nccn1C(F)F. The van der Waals surface area contributed by atoms with E-state index in [1.165, 1.54) is 12.4 Å². The number of hydrogen-bond donors (Lipinski definition) is 1. The number of aromatic nitrogens is 4. The summed E-state index contributed by atoms with van der Waals surface area (Å²) in [5, 5.41) is 7.22. The van der Waals surface area contributed by atoms with Gasteiger partial charge in [0.15, 0.2) is 0 Å². The van der Waals surface area contributed by atoms with Gasteiger partial charge in [0.1, 0.15) is 5.82 Å². The Balaban J connectivity index is 1.85. The largest absolute Gasteiger partial charge is 0.319 e. The molecule has 0 saturated heterocycles. The van der Waals surface area contributed by atoms with Crippen molar-refractivity contribution in [3.8, 4) is 0 Å². The Labute approximate surface area is 103 Å². The molecule has 0 spiro atoms. The summed E-state index contributed by atoms with van der Waals surface area (Å²) in [4.78, 5) is 3.90. The maximum Gasteiger partial charge on any atom is 0.319 e. The number of imidazole rings is 1. The van der Waals surface area contributed by atoms with Gasteiger partial charge in [0.05, 0.1) is 13.1 Å². The fraction of sp³-hybridized carbons (Fsp3) is 0.455. The topological polar surface area (TPSA) is 47.7 Å². The van der Waals surface area contributed by atoms with Gasteiger partial charge < -0.3 is 5.32 Å². The molecule has 0 saturated carbocycles. The monoisotopic (exact) mass is 255 g/mol. The average molecular weight is 255 g/mol. The van der Waals surface area contributed by atoms with E-state index in [4.69, 9.17) is 0 Å². The molecular formula is C11H15F2N5. The molecule has 0 amide bonds. The summed E-state index contributed by atoms with van der Waals surface area (Å²) in [7, 11) is 0. The first-order valence-corrected chi connectivity index (χ1v) is 5.67. The lowest BCUT2D eigenvalue weighted by Gasteiger charge is -2.14. The normalized spacial score (nSPS) is 13.1. The highest BCUT2D eigenvalue weighted by molar-refractivity contribution is 4.92. The molecular weight excluding hydrogens is 240 g/mol. The molecule has 0 bridgehead atoms. The van der Waals surface area contributed by atoms with Crippen molar-refractivity contribution < 1.29 is 8.78 Å². The molecule has 0 aliphatic carbocycles. The maximum atomic E-state index is 12.6. The first-order valence-electron chi connectivity index (χ1n) is 5.67. The average Bonchev–Trinajstić information content (AvgIpc) is 2.96. The van der Waals surface area contributed by atoms with Crippen LogP contribution >= 0.6 is 0 Å². The Morgan fingerprint density at radius 1 is 1.33 bits per heavy atom. The third-order valence-corrected chi connectivity index (χ3v) is 2.59. The smallest absolute Gasteiger partial charge is 0.306 e. The van der Waals surface area contributed by atoms with Gasteiger partial charge in [-0.3, -0.25) is 9.25 Å². The Morgan fingerprint density at radius 3 is 2.83 bits per heavy atom. The Kier molecular flexibility index (Phi) is 4.03. The summed E-state index contributed by atoms with van der Waals surface area (Å²) < 4.78 is 27.8. The number of nitrogens with zero attached hydrogens (tertiary/aromatic N) is 4.